The fourth-order valence-electron chi connectivity index (χ4n) is 2.94. The molecule has 0 radical (unpaired) electrons. The van der Waals surface area contributed by atoms with Gasteiger partial charge in [0.2, 0.25) is 0 Å². The van der Waals surface area contributed by atoms with E-state index in [9.17, 15) is 13.6 Å². The monoisotopic (exact) mass is 368 g/mol. The van der Waals surface area contributed by atoms with E-state index >= 15 is 0 Å². The summed E-state index contributed by atoms with van der Waals surface area (Å²) in [6.07, 6.45) is -0.425. The lowest BCUT2D eigenvalue weighted by molar-refractivity contribution is 0.0237. The van der Waals surface area contributed by atoms with Crippen LogP contribution < -0.4 is 0 Å². The molecule has 10 heteroatoms. The minimum absolute atomic E-state index is 0.0255. The number of fused-ring (bicyclic) bond motifs is 1. The molecule has 0 saturated carbocycles. The van der Waals surface area contributed by atoms with Crippen LogP contribution in [-0.2, 0) is 24.4 Å². The van der Waals surface area contributed by atoms with Crippen LogP contribution in [0.4, 0.5) is 13.6 Å². The third-order valence-corrected chi connectivity index (χ3v) is 3.93. The molecule has 142 valence electrons. The zero-order valence-electron chi connectivity index (χ0n) is 15.5. The summed E-state index contributed by atoms with van der Waals surface area (Å²) in [5.41, 5.74) is 0.873. The van der Waals surface area contributed by atoms with Gasteiger partial charge in [0.15, 0.2) is 11.6 Å². The molecule has 0 unspecified atom stereocenters. The molecule has 1 aliphatic heterocycles. The number of alkyl halides is 2. The quantitative estimate of drug-likeness (QED) is 0.832. The lowest BCUT2D eigenvalue weighted by Gasteiger charge is -2.24. The van der Waals surface area contributed by atoms with Crippen LogP contribution in [0.25, 0.3) is 11.6 Å². The van der Waals surface area contributed by atoms with Crippen LogP contribution in [0.2, 0.25) is 0 Å². The third-order valence-electron chi connectivity index (χ3n) is 3.93. The van der Waals surface area contributed by atoms with Crippen LogP contribution in [0.15, 0.2) is 0 Å². The summed E-state index contributed by atoms with van der Waals surface area (Å²) < 4.78 is 34.2. The van der Waals surface area contributed by atoms with Crippen molar-refractivity contribution >= 4 is 6.09 Å². The van der Waals surface area contributed by atoms with E-state index in [0.29, 0.717) is 29.3 Å². The molecule has 3 heterocycles. The van der Waals surface area contributed by atoms with Gasteiger partial charge in [-0.05, 0) is 34.6 Å². The minimum Gasteiger partial charge on any atom is -0.444 e. The van der Waals surface area contributed by atoms with Gasteiger partial charge in [0, 0.05) is 6.54 Å². The van der Waals surface area contributed by atoms with Gasteiger partial charge in [-0.25, -0.2) is 14.8 Å². The Kier molecular flexibility index (Phi) is 4.45. The van der Waals surface area contributed by atoms with Crippen LogP contribution in [0.1, 0.15) is 51.5 Å². The van der Waals surface area contributed by atoms with E-state index in [1.807, 2.05) is 6.92 Å². The zero-order chi connectivity index (χ0) is 19.2. The molecule has 0 spiro atoms. The number of hydrogen-bond acceptors (Lipinski definition) is 5. The second-order valence-corrected chi connectivity index (χ2v) is 7.11. The molecule has 0 atom stereocenters. The molecule has 2 aromatic rings. The third kappa shape index (κ3) is 3.27. The smallest absolute Gasteiger partial charge is 0.410 e. The number of aromatic nitrogens is 5. The number of nitrogens with zero attached hydrogens (tertiary/aromatic N) is 6. The van der Waals surface area contributed by atoms with Crippen LogP contribution >= 0.6 is 0 Å². The molecule has 1 amide bonds. The molecule has 0 N–H and O–H groups in total. The van der Waals surface area contributed by atoms with E-state index < -0.39 is 18.2 Å². The fraction of sp³-hybridized carbons (Fsp3) is 0.625. The Morgan fingerprint density at radius 2 is 1.92 bits per heavy atom. The Morgan fingerprint density at radius 3 is 2.50 bits per heavy atom. The van der Waals surface area contributed by atoms with Gasteiger partial charge in [0.05, 0.1) is 24.5 Å². The Hall–Kier alpha value is -2.52. The normalized spacial score (nSPS) is 14.2. The fourth-order valence-corrected chi connectivity index (χ4v) is 2.94. The molecule has 0 bridgehead atoms. The number of amides is 1. The molecule has 0 fully saturated rings. The first-order valence-corrected chi connectivity index (χ1v) is 8.38. The summed E-state index contributed by atoms with van der Waals surface area (Å²) in [6.45, 7) is 7.13. The molecule has 1 aliphatic rings. The van der Waals surface area contributed by atoms with Crippen LogP contribution in [0, 0.1) is 6.92 Å². The van der Waals surface area contributed by atoms with Crippen molar-refractivity contribution in [2.75, 3.05) is 0 Å². The molecular formula is C16H22F2N6O2. The minimum atomic E-state index is -2.80. The van der Waals surface area contributed by atoms with Crippen molar-refractivity contribution in [1.82, 2.24) is 29.2 Å². The van der Waals surface area contributed by atoms with Gasteiger partial charge in [-0.2, -0.15) is 18.6 Å². The summed E-state index contributed by atoms with van der Waals surface area (Å²) in [5.74, 6) is 0.612. The second-order valence-electron chi connectivity index (χ2n) is 7.11. The average Bonchev–Trinajstić information content (AvgIpc) is 3.16. The number of halogens is 2. The Bertz CT molecular complexity index is 837. The van der Waals surface area contributed by atoms with Crippen molar-refractivity contribution < 1.29 is 18.3 Å². The van der Waals surface area contributed by atoms with Gasteiger partial charge in [-0.3, -0.25) is 4.90 Å². The topological polar surface area (TPSA) is 78.1 Å². The van der Waals surface area contributed by atoms with E-state index in [1.54, 1.807) is 37.2 Å². The van der Waals surface area contributed by atoms with Crippen molar-refractivity contribution in [1.29, 1.82) is 0 Å². The SMILES string of the molecule is CCn1c(-c2nc(C)nn2C(F)F)nc2c1CN(C(=O)OC(C)(C)C)C2. The highest BCUT2D eigenvalue weighted by atomic mass is 19.3. The van der Waals surface area contributed by atoms with Crippen molar-refractivity contribution in [3.8, 4) is 11.6 Å². The van der Waals surface area contributed by atoms with Gasteiger partial charge in [0.25, 0.3) is 0 Å². The largest absolute Gasteiger partial charge is 0.444 e. The summed E-state index contributed by atoms with van der Waals surface area (Å²) in [7, 11) is 0. The van der Waals surface area contributed by atoms with Crippen molar-refractivity contribution in [2.45, 2.75) is 66.4 Å². The number of ether oxygens (including phenoxy) is 1. The van der Waals surface area contributed by atoms with E-state index in [1.165, 1.54) is 0 Å². The molecule has 26 heavy (non-hydrogen) atoms. The van der Waals surface area contributed by atoms with E-state index in [-0.39, 0.29) is 18.2 Å². The maximum atomic E-state index is 13.2. The first-order valence-electron chi connectivity index (χ1n) is 8.38. The highest BCUT2D eigenvalue weighted by Gasteiger charge is 2.34. The Balaban J connectivity index is 1.92. The maximum Gasteiger partial charge on any atom is 0.410 e. The summed E-state index contributed by atoms with van der Waals surface area (Å²) >= 11 is 0. The van der Waals surface area contributed by atoms with Crippen LogP contribution in [-0.4, -0.2) is 40.9 Å². The highest BCUT2D eigenvalue weighted by Crippen LogP contribution is 2.30. The van der Waals surface area contributed by atoms with Gasteiger partial charge >= 0.3 is 12.6 Å². The number of aryl methyl sites for hydroxylation is 1. The van der Waals surface area contributed by atoms with Gasteiger partial charge in [0.1, 0.15) is 11.4 Å². The lowest BCUT2D eigenvalue weighted by atomic mass is 10.2. The average molecular weight is 368 g/mol. The molecular weight excluding hydrogens is 346 g/mol. The lowest BCUT2D eigenvalue weighted by Crippen LogP contribution is -2.33. The van der Waals surface area contributed by atoms with E-state index in [4.69, 9.17) is 4.74 Å². The standard InChI is InChI=1S/C16H22F2N6O2/c1-6-23-11-8-22(15(25)26-16(3,4)5)7-10(11)20-12(23)13-19-9(2)21-24(13)14(17)18/h14H,6-8H2,1-5H3. The summed E-state index contributed by atoms with van der Waals surface area (Å²) in [4.78, 5) is 22.4. The predicted molar refractivity (Wildman–Crippen MR) is 88.4 cm³/mol. The van der Waals surface area contributed by atoms with Crippen molar-refractivity contribution in [3.05, 3.63) is 17.2 Å². The molecule has 0 aromatic carbocycles. The highest BCUT2D eigenvalue weighted by molar-refractivity contribution is 5.69. The van der Waals surface area contributed by atoms with Crippen molar-refractivity contribution in [2.24, 2.45) is 0 Å². The molecule has 2 aromatic heterocycles. The van der Waals surface area contributed by atoms with Crippen LogP contribution in [0.5, 0.6) is 0 Å². The molecule has 3 rings (SSSR count). The Labute approximate surface area is 149 Å². The molecule has 0 saturated heterocycles. The maximum absolute atomic E-state index is 13.2. The zero-order valence-corrected chi connectivity index (χ0v) is 15.5. The van der Waals surface area contributed by atoms with Gasteiger partial charge < -0.3 is 9.30 Å². The summed E-state index contributed by atoms with van der Waals surface area (Å²) in [6, 6.07) is 0. The second kappa shape index (κ2) is 6.33. The van der Waals surface area contributed by atoms with Gasteiger partial charge in [-0.15, -0.1) is 0 Å². The number of carbonyl (C=O) groups excluding carboxylic acids is 1. The van der Waals surface area contributed by atoms with Crippen molar-refractivity contribution in [3.63, 3.8) is 0 Å². The van der Waals surface area contributed by atoms with E-state index in [2.05, 4.69) is 15.1 Å². The first kappa shape index (κ1) is 18.3. The molecule has 0 aliphatic carbocycles. The number of carbonyl (C=O) groups is 1. The summed E-state index contributed by atoms with van der Waals surface area (Å²) in [5, 5.41) is 3.75. The van der Waals surface area contributed by atoms with Crippen LogP contribution in [0.3, 0.4) is 0 Å². The van der Waals surface area contributed by atoms with Gasteiger partial charge in [-0.1, -0.05) is 0 Å². The number of imidazole rings is 1. The van der Waals surface area contributed by atoms with E-state index in [0.717, 1.165) is 5.69 Å². The molecule has 8 nitrogen and oxygen atoms in total. The first-order chi connectivity index (χ1) is 12.1. The number of rotatable bonds is 3. The Morgan fingerprint density at radius 1 is 1.23 bits per heavy atom. The number of hydrogen-bond donors (Lipinski definition) is 0. The predicted octanol–water partition coefficient (Wildman–Crippen LogP) is 3.12.